The second kappa shape index (κ2) is 7.54. The number of hydrogen-bond acceptors (Lipinski definition) is 4. The van der Waals surface area contributed by atoms with Gasteiger partial charge < -0.3 is 19.7 Å². The molecule has 1 heterocycles. The van der Waals surface area contributed by atoms with E-state index >= 15 is 0 Å². The number of benzene rings is 2. The highest BCUT2D eigenvalue weighted by molar-refractivity contribution is 5.98. The summed E-state index contributed by atoms with van der Waals surface area (Å²) in [5, 5.41) is 3.11. The molecule has 1 aliphatic heterocycles. The fraction of sp³-hybridized carbons (Fsp3) is 0.364. The summed E-state index contributed by atoms with van der Waals surface area (Å²) < 4.78 is 10.8. The van der Waals surface area contributed by atoms with E-state index in [-0.39, 0.29) is 17.9 Å². The molecule has 6 nitrogen and oxygen atoms in total. The van der Waals surface area contributed by atoms with E-state index in [0.29, 0.717) is 31.0 Å². The number of nitrogens with zero attached hydrogens (tertiary/aromatic N) is 1. The Morgan fingerprint density at radius 3 is 2.64 bits per heavy atom. The van der Waals surface area contributed by atoms with Crippen molar-refractivity contribution in [3.05, 3.63) is 58.7 Å². The van der Waals surface area contributed by atoms with Gasteiger partial charge in [0, 0.05) is 25.1 Å². The van der Waals surface area contributed by atoms with Crippen molar-refractivity contribution in [3.63, 3.8) is 0 Å². The Balaban J connectivity index is 1.37. The third kappa shape index (κ3) is 3.30. The van der Waals surface area contributed by atoms with Gasteiger partial charge in [0.05, 0.1) is 20.3 Å². The van der Waals surface area contributed by atoms with E-state index in [0.717, 1.165) is 29.5 Å². The molecule has 28 heavy (non-hydrogen) atoms. The molecule has 0 saturated carbocycles. The summed E-state index contributed by atoms with van der Waals surface area (Å²) in [5.41, 5.74) is 4.02. The Bertz CT molecular complexity index is 925. The molecule has 0 saturated heterocycles. The summed E-state index contributed by atoms with van der Waals surface area (Å²) >= 11 is 0. The van der Waals surface area contributed by atoms with Gasteiger partial charge in [0.1, 0.15) is 0 Å². The molecule has 4 rings (SSSR count). The number of nitrogens with one attached hydrogen (secondary N) is 1. The highest BCUT2D eigenvalue weighted by atomic mass is 16.5. The summed E-state index contributed by atoms with van der Waals surface area (Å²) in [7, 11) is 3.23. The molecule has 146 valence electrons. The minimum absolute atomic E-state index is 0.00597. The van der Waals surface area contributed by atoms with E-state index in [1.54, 1.807) is 19.1 Å². The maximum absolute atomic E-state index is 12.5. The predicted octanol–water partition coefficient (Wildman–Crippen LogP) is 2.85. The summed E-state index contributed by atoms with van der Waals surface area (Å²) in [6.07, 6.45) is 2.03. The van der Waals surface area contributed by atoms with E-state index in [1.165, 1.54) is 5.56 Å². The van der Waals surface area contributed by atoms with Gasteiger partial charge >= 0.3 is 0 Å². The van der Waals surface area contributed by atoms with Crippen molar-refractivity contribution >= 4 is 11.8 Å². The molecule has 2 aromatic carbocycles. The van der Waals surface area contributed by atoms with Crippen LogP contribution in [-0.2, 0) is 17.8 Å². The minimum atomic E-state index is -0.0450. The second-order valence-electron chi connectivity index (χ2n) is 7.20. The largest absolute Gasteiger partial charge is 0.493 e. The predicted molar refractivity (Wildman–Crippen MR) is 105 cm³/mol. The van der Waals surface area contributed by atoms with Gasteiger partial charge in [-0.1, -0.05) is 18.2 Å². The monoisotopic (exact) mass is 380 g/mol. The van der Waals surface area contributed by atoms with Crippen LogP contribution in [0.4, 0.5) is 0 Å². The molecule has 1 N–H and O–H groups in total. The Labute approximate surface area is 164 Å². The smallest absolute Gasteiger partial charge is 0.254 e. The summed E-state index contributed by atoms with van der Waals surface area (Å²) in [6, 6.07) is 11.5. The van der Waals surface area contributed by atoms with Crippen LogP contribution in [0.25, 0.3) is 0 Å². The van der Waals surface area contributed by atoms with Gasteiger partial charge in [0.15, 0.2) is 11.5 Å². The molecule has 0 aromatic heterocycles. The molecule has 2 aromatic rings. The van der Waals surface area contributed by atoms with Gasteiger partial charge in [0.2, 0.25) is 5.91 Å². The first-order valence-corrected chi connectivity index (χ1v) is 9.52. The van der Waals surface area contributed by atoms with Gasteiger partial charge in [-0.05, 0) is 47.7 Å². The van der Waals surface area contributed by atoms with Gasteiger partial charge in [0.25, 0.3) is 5.91 Å². The summed E-state index contributed by atoms with van der Waals surface area (Å²) in [5.74, 6) is 1.34. The highest BCUT2D eigenvalue weighted by Gasteiger charge is 2.29. The maximum atomic E-state index is 12.5. The highest BCUT2D eigenvalue weighted by Crippen LogP contribution is 2.39. The lowest BCUT2D eigenvalue weighted by Gasteiger charge is -2.18. The first kappa shape index (κ1) is 18.3. The molecule has 2 aliphatic rings. The standard InChI is InChI=1S/C22H24N2O4/c1-27-19-11-14-7-8-18(17(14)12-20(19)28-2)23-21(25)9-10-24-13-15-5-3-4-6-16(15)22(24)26/h3-6,11-12,18H,7-10,13H2,1-2H3,(H,23,25)/t18-/m1/s1. The van der Waals surface area contributed by atoms with Crippen LogP contribution in [-0.4, -0.2) is 37.5 Å². The molecular formula is C22H24N2O4. The maximum Gasteiger partial charge on any atom is 0.254 e. The third-order valence-corrected chi connectivity index (χ3v) is 5.56. The van der Waals surface area contributed by atoms with Crippen LogP contribution in [0.2, 0.25) is 0 Å². The number of fused-ring (bicyclic) bond motifs is 2. The van der Waals surface area contributed by atoms with Crippen molar-refractivity contribution in [1.29, 1.82) is 0 Å². The van der Waals surface area contributed by atoms with Crippen LogP contribution in [0, 0.1) is 0 Å². The van der Waals surface area contributed by atoms with Crippen LogP contribution in [0.5, 0.6) is 11.5 Å². The fourth-order valence-electron chi connectivity index (χ4n) is 4.08. The average molecular weight is 380 g/mol. The molecule has 1 atom stereocenters. The molecular weight excluding hydrogens is 356 g/mol. The van der Waals surface area contributed by atoms with Gasteiger partial charge in [-0.3, -0.25) is 9.59 Å². The Kier molecular flexibility index (Phi) is 4.94. The number of amides is 2. The SMILES string of the molecule is COc1cc2c(cc1OC)[C@H](NC(=O)CCN1Cc3ccccc3C1=O)CC2. The number of ether oxygens (including phenoxy) is 2. The lowest BCUT2D eigenvalue weighted by atomic mass is 10.1. The molecule has 2 amide bonds. The normalized spacial score (nSPS) is 17.3. The number of hydrogen-bond donors (Lipinski definition) is 1. The van der Waals surface area contributed by atoms with Gasteiger partial charge in [-0.25, -0.2) is 0 Å². The van der Waals surface area contributed by atoms with Gasteiger partial charge in [-0.2, -0.15) is 0 Å². The molecule has 6 heteroatoms. The molecule has 0 fully saturated rings. The van der Waals surface area contributed by atoms with Crippen molar-refractivity contribution in [2.75, 3.05) is 20.8 Å². The van der Waals surface area contributed by atoms with Crippen LogP contribution in [0.3, 0.4) is 0 Å². The van der Waals surface area contributed by atoms with Crippen molar-refractivity contribution in [2.24, 2.45) is 0 Å². The quantitative estimate of drug-likeness (QED) is 0.837. The lowest BCUT2D eigenvalue weighted by Crippen LogP contribution is -2.32. The van der Waals surface area contributed by atoms with Crippen molar-refractivity contribution in [1.82, 2.24) is 10.2 Å². The molecule has 0 radical (unpaired) electrons. The lowest BCUT2D eigenvalue weighted by molar-refractivity contribution is -0.122. The van der Waals surface area contributed by atoms with E-state index in [2.05, 4.69) is 5.32 Å². The Morgan fingerprint density at radius 1 is 1.14 bits per heavy atom. The van der Waals surface area contributed by atoms with E-state index in [1.807, 2.05) is 36.4 Å². The number of rotatable bonds is 6. The van der Waals surface area contributed by atoms with E-state index in [9.17, 15) is 9.59 Å². The number of methoxy groups -OCH3 is 2. The summed E-state index contributed by atoms with van der Waals surface area (Å²) in [4.78, 5) is 26.7. The summed E-state index contributed by atoms with van der Waals surface area (Å²) in [6.45, 7) is 0.996. The average Bonchev–Trinajstić information content (AvgIpc) is 3.26. The van der Waals surface area contributed by atoms with Crippen LogP contribution >= 0.6 is 0 Å². The Hall–Kier alpha value is -3.02. The van der Waals surface area contributed by atoms with Crippen LogP contribution in [0.1, 0.15) is 45.9 Å². The van der Waals surface area contributed by atoms with Crippen molar-refractivity contribution < 1.29 is 19.1 Å². The zero-order valence-corrected chi connectivity index (χ0v) is 16.2. The van der Waals surface area contributed by atoms with Crippen molar-refractivity contribution in [3.8, 4) is 11.5 Å². The number of carbonyl (C=O) groups excluding carboxylic acids is 2. The number of carbonyl (C=O) groups is 2. The molecule has 0 bridgehead atoms. The first-order valence-electron chi connectivity index (χ1n) is 9.52. The zero-order chi connectivity index (χ0) is 19.7. The molecule has 0 unspecified atom stereocenters. The third-order valence-electron chi connectivity index (χ3n) is 5.56. The van der Waals surface area contributed by atoms with Crippen LogP contribution < -0.4 is 14.8 Å². The van der Waals surface area contributed by atoms with Gasteiger partial charge in [-0.15, -0.1) is 0 Å². The molecule has 0 spiro atoms. The minimum Gasteiger partial charge on any atom is -0.493 e. The zero-order valence-electron chi connectivity index (χ0n) is 16.2. The Morgan fingerprint density at radius 2 is 1.89 bits per heavy atom. The fourth-order valence-corrected chi connectivity index (χ4v) is 4.08. The molecule has 1 aliphatic carbocycles. The van der Waals surface area contributed by atoms with Crippen molar-refractivity contribution in [2.45, 2.75) is 31.8 Å². The van der Waals surface area contributed by atoms with E-state index in [4.69, 9.17) is 9.47 Å². The van der Waals surface area contributed by atoms with Crippen LogP contribution in [0.15, 0.2) is 36.4 Å². The topological polar surface area (TPSA) is 67.9 Å². The first-order chi connectivity index (χ1) is 13.6. The number of aryl methyl sites for hydroxylation is 1. The van der Waals surface area contributed by atoms with E-state index < -0.39 is 0 Å². The second-order valence-corrected chi connectivity index (χ2v) is 7.20.